The molecule has 1 amide bonds. The number of nitrogens with one attached hydrogen (secondary N) is 1. The number of H-pyrrole nitrogens is 1. The molecule has 0 bridgehead atoms. The Bertz CT molecular complexity index is 987. The summed E-state index contributed by atoms with van der Waals surface area (Å²) in [6, 6.07) is 6.40. The zero-order chi connectivity index (χ0) is 18.4. The average Bonchev–Trinajstić information content (AvgIpc) is 3.30. The zero-order valence-corrected chi connectivity index (χ0v) is 15.3. The number of fused-ring (bicyclic) bond motifs is 1. The van der Waals surface area contributed by atoms with Crippen LogP contribution in [0.2, 0.25) is 0 Å². The molecule has 1 atom stereocenters. The van der Waals surface area contributed by atoms with Crippen LogP contribution in [0.5, 0.6) is 0 Å². The molecule has 6 heteroatoms. The second kappa shape index (κ2) is 6.27. The Balaban J connectivity index is 1.68. The van der Waals surface area contributed by atoms with Crippen molar-refractivity contribution in [2.75, 3.05) is 6.54 Å². The lowest BCUT2D eigenvalue weighted by Gasteiger charge is -2.23. The Morgan fingerprint density at radius 3 is 2.88 bits per heavy atom. The third-order valence-corrected chi connectivity index (χ3v) is 5.41. The highest BCUT2D eigenvalue weighted by Crippen LogP contribution is 2.33. The molecule has 1 aromatic carbocycles. The summed E-state index contributed by atoms with van der Waals surface area (Å²) >= 11 is 0. The quantitative estimate of drug-likeness (QED) is 0.769. The number of likely N-dealkylation sites (tertiary alicyclic amines) is 1. The maximum Gasteiger partial charge on any atom is 0.256 e. The van der Waals surface area contributed by atoms with Crippen molar-refractivity contribution in [2.45, 2.75) is 46.2 Å². The lowest BCUT2D eigenvalue weighted by atomic mass is 10.1. The van der Waals surface area contributed by atoms with Crippen LogP contribution >= 0.6 is 0 Å². The van der Waals surface area contributed by atoms with Gasteiger partial charge >= 0.3 is 0 Å². The van der Waals surface area contributed by atoms with Crippen molar-refractivity contribution >= 4 is 16.9 Å². The van der Waals surface area contributed by atoms with E-state index in [2.05, 4.69) is 21.5 Å². The first-order chi connectivity index (χ1) is 12.5. The molecule has 26 heavy (non-hydrogen) atoms. The molecule has 0 aliphatic carbocycles. The maximum atomic E-state index is 13.5. The summed E-state index contributed by atoms with van der Waals surface area (Å²) < 4.78 is 15.6. The first kappa shape index (κ1) is 16.8. The third kappa shape index (κ3) is 2.60. The molecule has 3 heterocycles. The highest BCUT2D eigenvalue weighted by molar-refractivity contribution is 5.96. The Morgan fingerprint density at radius 2 is 2.15 bits per heavy atom. The minimum atomic E-state index is -0.293. The fourth-order valence-corrected chi connectivity index (χ4v) is 4.11. The normalized spacial score (nSPS) is 17.4. The molecule has 0 saturated carbocycles. The predicted molar refractivity (Wildman–Crippen MR) is 98.6 cm³/mol. The topological polar surface area (TPSA) is 53.9 Å². The highest BCUT2D eigenvalue weighted by atomic mass is 19.1. The van der Waals surface area contributed by atoms with Crippen molar-refractivity contribution in [2.24, 2.45) is 0 Å². The van der Waals surface area contributed by atoms with Crippen LogP contribution in [0.3, 0.4) is 0 Å². The van der Waals surface area contributed by atoms with Gasteiger partial charge in [-0.3, -0.25) is 4.79 Å². The van der Waals surface area contributed by atoms with Crippen LogP contribution in [0.25, 0.3) is 11.0 Å². The number of halogens is 1. The molecular formula is C20H23FN4O. The third-order valence-electron chi connectivity index (χ3n) is 5.41. The van der Waals surface area contributed by atoms with E-state index >= 15 is 0 Å². The van der Waals surface area contributed by atoms with E-state index in [4.69, 9.17) is 0 Å². The molecule has 0 unspecified atom stereocenters. The molecule has 2 aromatic heterocycles. The van der Waals surface area contributed by atoms with Crippen LogP contribution in [0.1, 0.15) is 53.4 Å². The number of rotatable bonds is 3. The number of aryl methyl sites for hydroxylation is 1. The number of benzene rings is 1. The summed E-state index contributed by atoms with van der Waals surface area (Å²) in [7, 11) is 0. The fraction of sp³-hybridized carbons (Fsp3) is 0.400. The van der Waals surface area contributed by atoms with Crippen molar-refractivity contribution in [3.8, 4) is 0 Å². The van der Waals surface area contributed by atoms with Crippen LogP contribution < -0.4 is 0 Å². The van der Waals surface area contributed by atoms with Crippen LogP contribution in [0, 0.1) is 19.7 Å². The number of aromatic amines is 1. The predicted octanol–water partition coefficient (Wildman–Crippen LogP) is 4.12. The average molecular weight is 354 g/mol. The van der Waals surface area contributed by atoms with Gasteiger partial charge in [0, 0.05) is 24.5 Å². The molecule has 5 nitrogen and oxygen atoms in total. The Labute approximate surface area is 151 Å². The summed E-state index contributed by atoms with van der Waals surface area (Å²) in [5, 5.41) is 0. The molecular weight excluding hydrogens is 331 g/mol. The summed E-state index contributed by atoms with van der Waals surface area (Å²) in [6.07, 6.45) is 1.80. The maximum absolute atomic E-state index is 13.5. The van der Waals surface area contributed by atoms with Gasteiger partial charge in [-0.25, -0.2) is 9.37 Å². The van der Waals surface area contributed by atoms with Crippen molar-refractivity contribution in [3.05, 3.63) is 52.9 Å². The van der Waals surface area contributed by atoms with Gasteiger partial charge in [-0.2, -0.15) is 0 Å². The van der Waals surface area contributed by atoms with E-state index in [1.807, 2.05) is 24.8 Å². The Morgan fingerprint density at radius 1 is 1.35 bits per heavy atom. The standard InChI is InChI=1S/C20H23FN4O/c1-4-24-12(2)10-15(13(24)3)20(26)25-9-5-6-18(25)19-22-16-8-7-14(21)11-17(16)23-19/h7-8,10-11,18H,4-6,9H2,1-3H3,(H,22,23)/t18-/m1/s1. The van der Waals surface area contributed by atoms with E-state index < -0.39 is 0 Å². The van der Waals surface area contributed by atoms with Crippen LogP contribution in [0.15, 0.2) is 24.3 Å². The smallest absolute Gasteiger partial charge is 0.256 e. The van der Waals surface area contributed by atoms with Crippen LogP contribution in [0.4, 0.5) is 4.39 Å². The van der Waals surface area contributed by atoms with Gasteiger partial charge in [-0.15, -0.1) is 0 Å². The number of carbonyl (C=O) groups excluding carboxylic acids is 1. The van der Waals surface area contributed by atoms with Gasteiger partial charge in [0.2, 0.25) is 0 Å². The molecule has 1 N–H and O–H groups in total. The molecule has 1 aliphatic rings. The summed E-state index contributed by atoms with van der Waals surface area (Å²) in [4.78, 5) is 22.9. The second-order valence-electron chi connectivity index (χ2n) is 6.97. The van der Waals surface area contributed by atoms with Crippen LogP contribution in [-0.2, 0) is 6.54 Å². The summed E-state index contributed by atoms with van der Waals surface area (Å²) in [5.74, 6) is 0.492. The Hall–Kier alpha value is -2.63. The molecule has 136 valence electrons. The van der Waals surface area contributed by atoms with E-state index in [1.54, 1.807) is 6.07 Å². The van der Waals surface area contributed by atoms with Crippen molar-refractivity contribution < 1.29 is 9.18 Å². The number of imidazole rings is 1. The SMILES string of the molecule is CCn1c(C)cc(C(=O)N2CCC[C@@H]2c2nc3ccc(F)cc3[nH]2)c1C. The number of nitrogens with zero attached hydrogens (tertiary/aromatic N) is 3. The molecule has 4 rings (SSSR count). The van der Waals surface area contributed by atoms with Gasteiger partial charge < -0.3 is 14.5 Å². The summed E-state index contributed by atoms with van der Waals surface area (Å²) in [5.41, 5.74) is 4.27. The molecule has 1 aliphatic heterocycles. The fourth-order valence-electron chi connectivity index (χ4n) is 4.11. The monoisotopic (exact) mass is 354 g/mol. The molecule has 1 saturated heterocycles. The molecule has 0 spiro atoms. The van der Waals surface area contributed by atoms with E-state index in [9.17, 15) is 9.18 Å². The largest absolute Gasteiger partial charge is 0.349 e. The lowest BCUT2D eigenvalue weighted by Crippen LogP contribution is -2.31. The van der Waals surface area contributed by atoms with Gasteiger partial charge in [-0.05, 0) is 57.9 Å². The number of aromatic nitrogens is 3. The minimum Gasteiger partial charge on any atom is -0.349 e. The minimum absolute atomic E-state index is 0.0481. The zero-order valence-electron chi connectivity index (χ0n) is 15.3. The van der Waals surface area contributed by atoms with E-state index in [0.29, 0.717) is 12.1 Å². The molecule has 3 aromatic rings. The summed E-state index contributed by atoms with van der Waals surface area (Å²) in [6.45, 7) is 7.68. The number of amides is 1. The van der Waals surface area contributed by atoms with Gasteiger partial charge in [0.1, 0.15) is 11.6 Å². The van der Waals surface area contributed by atoms with E-state index in [0.717, 1.165) is 47.7 Å². The van der Waals surface area contributed by atoms with Gasteiger partial charge in [0.15, 0.2) is 0 Å². The van der Waals surface area contributed by atoms with E-state index in [-0.39, 0.29) is 17.8 Å². The van der Waals surface area contributed by atoms with Gasteiger partial charge in [0.05, 0.1) is 22.6 Å². The lowest BCUT2D eigenvalue weighted by molar-refractivity contribution is 0.0729. The van der Waals surface area contributed by atoms with Gasteiger partial charge in [-0.1, -0.05) is 0 Å². The van der Waals surface area contributed by atoms with Crippen molar-refractivity contribution in [1.82, 2.24) is 19.4 Å². The molecule has 1 fully saturated rings. The van der Waals surface area contributed by atoms with Crippen LogP contribution in [-0.4, -0.2) is 31.9 Å². The number of hydrogen-bond donors (Lipinski definition) is 1. The second-order valence-corrected chi connectivity index (χ2v) is 6.97. The highest BCUT2D eigenvalue weighted by Gasteiger charge is 2.34. The first-order valence-corrected chi connectivity index (χ1v) is 9.12. The van der Waals surface area contributed by atoms with E-state index in [1.165, 1.54) is 12.1 Å². The first-order valence-electron chi connectivity index (χ1n) is 9.12. The number of carbonyl (C=O) groups is 1. The van der Waals surface area contributed by atoms with Crippen molar-refractivity contribution in [1.29, 1.82) is 0 Å². The Kier molecular flexibility index (Phi) is 4.05. The number of hydrogen-bond acceptors (Lipinski definition) is 2. The molecule has 0 radical (unpaired) electrons. The van der Waals surface area contributed by atoms with Gasteiger partial charge in [0.25, 0.3) is 5.91 Å². The van der Waals surface area contributed by atoms with Crippen molar-refractivity contribution in [3.63, 3.8) is 0 Å².